The number of hydrogen-bond acceptors (Lipinski definition) is 2. The molecular weight excluding hydrogens is 294 g/mol. The highest BCUT2D eigenvalue weighted by molar-refractivity contribution is 9.10. The summed E-state index contributed by atoms with van der Waals surface area (Å²) in [7, 11) is 0. The molecule has 1 aliphatic heterocycles. The Kier molecular flexibility index (Phi) is 4.78. The van der Waals surface area contributed by atoms with Crippen LogP contribution in [0.2, 0.25) is 0 Å². The molecule has 1 aromatic rings. The second-order valence-corrected chi connectivity index (χ2v) is 5.60. The van der Waals surface area contributed by atoms with Crippen molar-refractivity contribution in [3.8, 4) is 0 Å². The molecule has 0 spiro atoms. The van der Waals surface area contributed by atoms with Crippen LogP contribution in [0, 0.1) is 12.8 Å². The Hall–Kier alpha value is -0.870. The average molecular weight is 312 g/mol. The van der Waals surface area contributed by atoms with Gasteiger partial charge in [0.1, 0.15) is 0 Å². The number of carbonyl (C=O) groups excluding carboxylic acids is 1. The Labute approximate surface area is 116 Å². The van der Waals surface area contributed by atoms with E-state index in [9.17, 15) is 4.79 Å². The summed E-state index contributed by atoms with van der Waals surface area (Å²) in [6.07, 6.45) is 2.07. The number of aryl methyl sites for hydroxylation is 1. The van der Waals surface area contributed by atoms with Crippen molar-refractivity contribution in [3.05, 3.63) is 33.8 Å². The first-order chi connectivity index (χ1) is 8.66. The summed E-state index contributed by atoms with van der Waals surface area (Å²) in [6, 6.07) is 5.77. The minimum Gasteiger partial charge on any atom is -0.381 e. The van der Waals surface area contributed by atoms with Gasteiger partial charge in [-0.2, -0.15) is 0 Å². The first kappa shape index (κ1) is 13.6. The summed E-state index contributed by atoms with van der Waals surface area (Å²) in [5.41, 5.74) is 1.84. The number of amides is 1. The predicted molar refractivity (Wildman–Crippen MR) is 74.8 cm³/mol. The van der Waals surface area contributed by atoms with E-state index < -0.39 is 0 Å². The van der Waals surface area contributed by atoms with Crippen LogP contribution in [0.25, 0.3) is 0 Å². The molecule has 0 saturated carbocycles. The summed E-state index contributed by atoms with van der Waals surface area (Å²) in [5, 5.41) is 3.00. The summed E-state index contributed by atoms with van der Waals surface area (Å²) >= 11 is 3.43. The maximum atomic E-state index is 12.0. The van der Waals surface area contributed by atoms with Crippen molar-refractivity contribution >= 4 is 21.8 Å². The van der Waals surface area contributed by atoms with E-state index in [0.717, 1.165) is 42.6 Å². The zero-order chi connectivity index (χ0) is 13.0. The van der Waals surface area contributed by atoms with Gasteiger partial charge in [0.2, 0.25) is 0 Å². The van der Waals surface area contributed by atoms with Gasteiger partial charge in [0, 0.05) is 24.2 Å². The van der Waals surface area contributed by atoms with Crippen LogP contribution in [0.4, 0.5) is 0 Å². The molecule has 2 rings (SSSR count). The van der Waals surface area contributed by atoms with E-state index in [0.29, 0.717) is 11.5 Å². The van der Waals surface area contributed by atoms with E-state index in [4.69, 9.17) is 4.74 Å². The molecule has 18 heavy (non-hydrogen) atoms. The zero-order valence-electron chi connectivity index (χ0n) is 10.5. The van der Waals surface area contributed by atoms with Gasteiger partial charge in [0.25, 0.3) is 5.91 Å². The van der Waals surface area contributed by atoms with Gasteiger partial charge in [0.05, 0.1) is 5.56 Å². The molecule has 1 aliphatic rings. The van der Waals surface area contributed by atoms with Crippen LogP contribution >= 0.6 is 15.9 Å². The van der Waals surface area contributed by atoms with Crippen LogP contribution in [0.15, 0.2) is 22.7 Å². The van der Waals surface area contributed by atoms with Crippen molar-refractivity contribution in [3.63, 3.8) is 0 Å². The highest BCUT2D eigenvalue weighted by Gasteiger charge is 2.16. The smallest absolute Gasteiger partial charge is 0.252 e. The highest BCUT2D eigenvalue weighted by atomic mass is 79.9. The Morgan fingerprint density at radius 1 is 1.44 bits per heavy atom. The molecule has 3 nitrogen and oxygen atoms in total. The maximum Gasteiger partial charge on any atom is 0.252 e. The van der Waals surface area contributed by atoms with Gasteiger partial charge >= 0.3 is 0 Å². The van der Waals surface area contributed by atoms with Crippen LogP contribution in [0.3, 0.4) is 0 Å². The SMILES string of the molecule is Cc1ccc(C(=O)NCC2CCOCC2)c(Br)c1. The molecule has 0 bridgehead atoms. The number of nitrogens with one attached hydrogen (secondary N) is 1. The molecule has 4 heteroatoms. The van der Waals surface area contributed by atoms with Crippen LogP contribution < -0.4 is 5.32 Å². The largest absolute Gasteiger partial charge is 0.381 e. The minimum atomic E-state index is -0.00614. The molecule has 1 amide bonds. The van der Waals surface area contributed by atoms with Crippen molar-refractivity contribution < 1.29 is 9.53 Å². The van der Waals surface area contributed by atoms with E-state index in [2.05, 4.69) is 21.2 Å². The molecule has 0 radical (unpaired) electrons. The number of rotatable bonds is 3. The molecule has 0 atom stereocenters. The zero-order valence-corrected chi connectivity index (χ0v) is 12.1. The van der Waals surface area contributed by atoms with Crippen molar-refractivity contribution in [2.24, 2.45) is 5.92 Å². The first-order valence-electron chi connectivity index (χ1n) is 6.29. The maximum absolute atomic E-state index is 12.0. The fourth-order valence-electron chi connectivity index (χ4n) is 2.09. The molecule has 98 valence electrons. The lowest BCUT2D eigenvalue weighted by Gasteiger charge is -2.22. The second-order valence-electron chi connectivity index (χ2n) is 4.75. The Bertz CT molecular complexity index is 428. The third-order valence-corrected chi connectivity index (χ3v) is 3.92. The molecule has 1 N–H and O–H groups in total. The van der Waals surface area contributed by atoms with Crippen LogP contribution in [0.5, 0.6) is 0 Å². The molecule has 1 saturated heterocycles. The van der Waals surface area contributed by atoms with Crippen LogP contribution in [0.1, 0.15) is 28.8 Å². The lowest BCUT2D eigenvalue weighted by Crippen LogP contribution is -2.32. The van der Waals surface area contributed by atoms with Crippen molar-refractivity contribution in [1.29, 1.82) is 0 Å². The average Bonchev–Trinajstić information content (AvgIpc) is 2.37. The fraction of sp³-hybridized carbons (Fsp3) is 0.500. The quantitative estimate of drug-likeness (QED) is 0.932. The minimum absolute atomic E-state index is 0.00614. The van der Waals surface area contributed by atoms with Gasteiger partial charge in [-0.25, -0.2) is 0 Å². The number of carbonyl (C=O) groups is 1. The second kappa shape index (κ2) is 6.34. The Morgan fingerprint density at radius 3 is 2.83 bits per heavy atom. The summed E-state index contributed by atoms with van der Waals surface area (Å²) in [6.45, 7) is 4.38. The third-order valence-electron chi connectivity index (χ3n) is 3.26. The normalized spacial score (nSPS) is 16.6. The van der Waals surface area contributed by atoms with Crippen molar-refractivity contribution in [1.82, 2.24) is 5.32 Å². The molecule has 0 aromatic heterocycles. The van der Waals surface area contributed by atoms with Crippen molar-refractivity contribution in [2.75, 3.05) is 19.8 Å². The van der Waals surface area contributed by atoms with Gasteiger partial charge in [-0.3, -0.25) is 4.79 Å². The fourth-order valence-corrected chi connectivity index (χ4v) is 2.76. The van der Waals surface area contributed by atoms with E-state index >= 15 is 0 Å². The number of ether oxygens (including phenoxy) is 1. The standard InChI is InChI=1S/C14H18BrNO2/c1-10-2-3-12(13(15)8-10)14(17)16-9-11-4-6-18-7-5-11/h2-3,8,11H,4-7,9H2,1H3,(H,16,17). The number of halogens is 1. The summed E-state index contributed by atoms with van der Waals surface area (Å²) < 4.78 is 6.16. The highest BCUT2D eigenvalue weighted by Crippen LogP contribution is 2.19. The Balaban J connectivity index is 1.90. The summed E-state index contributed by atoms with van der Waals surface area (Å²) in [4.78, 5) is 12.0. The topological polar surface area (TPSA) is 38.3 Å². The van der Waals surface area contributed by atoms with Gasteiger partial charge in [-0.05, 0) is 59.3 Å². The van der Waals surface area contributed by atoms with Crippen LogP contribution in [-0.4, -0.2) is 25.7 Å². The van der Waals surface area contributed by atoms with Gasteiger partial charge < -0.3 is 10.1 Å². The molecular formula is C14H18BrNO2. The number of benzene rings is 1. The lowest BCUT2D eigenvalue weighted by atomic mass is 10.0. The molecule has 0 unspecified atom stereocenters. The van der Waals surface area contributed by atoms with E-state index in [1.54, 1.807) is 0 Å². The first-order valence-corrected chi connectivity index (χ1v) is 7.08. The third kappa shape index (κ3) is 3.56. The monoisotopic (exact) mass is 311 g/mol. The van der Waals surface area contributed by atoms with Crippen LogP contribution in [-0.2, 0) is 4.74 Å². The molecule has 1 heterocycles. The lowest BCUT2D eigenvalue weighted by molar-refractivity contribution is 0.0642. The molecule has 1 fully saturated rings. The van der Waals surface area contributed by atoms with Gasteiger partial charge in [-0.15, -0.1) is 0 Å². The summed E-state index contributed by atoms with van der Waals surface area (Å²) in [5.74, 6) is 0.542. The van der Waals surface area contributed by atoms with E-state index in [1.807, 2.05) is 25.1 Å². The molecule has 0 aliphatic carbocycles. The van der Waals surface area contributed by atoms with Gasteiger partial charge in [0.15, 0.2) is 0 Å². The van der Waals surface area contributed by atoms with E-state index in [-0.39, 0.29) is 5.91 Å². The van der Waals surface area contributed by atoms with E-state index in [1.165, 1.54) is 0 Å². The molecule has 1 aromatic carbocycles. The predicted octanol–water partition coefficient (Wildman–Crippen LogP) is 2.91. The number of hydrogen-bond donors (Lipinski definition) is 1. The Morgan fingerprint density at radius 2 is 2.17 bits per heavy atom. The van der Waals surface area contributed by atoms with Gasteiger partial charge in [-0.1, -0.05) is 6.07 Å². The van der Waals surface area contributed by atoms with Crippen molar-refractivity contribution in [2.45, 2.75) is 19.8 Å².